The second kappa shape index (κ2) is 5.08. The van der Waals surface area contributed by atoms with E-state index in [1.54, 1.807) is 7.11 Å². The van der Waals surface area contributed by atoms with E-state index in [4.69, 9.17) is 16.3 Å². The predicted octanol–water partition coefficient (Wildman–Crippen LogP) is 2.00. The number of nitrogens with zero attached hydrogens (tertiary/aromatic N) is 1. The van der Waals surface area contributed by atoms with Crippen LogP contribution in [0.15, 0.2) is 18.2 Å². The molecule has 0 amide bonds. The third kappa shape index (κ3) is 2.35. The Kier molecular flexibility index (Phi) is 3.46. The van der Waals surface area contributed by atoms with Crippen LogP contribution in [-0.4, -0.2) is 38.2 Å². The number of hydrogen-bond acceptors (Lipinski definition) is 3. The van der Waals surface area contributed by atoms with Crippen LogP contribution < -0.4 is 10.1 Å². The van der Waals surface area contributed by atoms with Crippen LogP contribution in [0.25, 0.3) is 0 Å². The van der Waals surface area contributed by atoms with Gasteiger partial charge in [-0.2, -0.15) is 0 Å². The van der Waals surface area contributed by atoms with E-state index in [1.165, 1.54) is 31.7 Å². The van der Waals surface area contributed by atoms with Crippen LogP contribution in [0.3, 0.4) is 0 Å². The van der Waals surface area contributed by atoms with Crippen molar-refractivity contribution in [2.24, 2.45) is 11.8 Å². The summed E-state index contributed by atoms with van der Waals surface area (Å²) < 4.78 is 5.41. The molecular formula is C14H19ClN2O. The lowest BCUT2D eigenvalue weighted by Crippen LogP contribution is -2.25. The van der Waals surface area contributed by atoms with Crippen LogP contribution in [-0.2, 0) is 6.54 Å². The largest absolute Gasteiger partial charge is 0.496 e. The maximum Gasteiger partial charge on any atom is 0.123 e. The molecule has 2 fully saturated rings. The fraction of sp³-hybridized carbons (Fsp3) is 0.571. The summed E-state index contributed by atoms with van der Waals surface area (Å²) in [6, 6.07) is 5.86. The molecule has 0 saturated carbocycles. The monoisotopic (exact) mass is 266 g/mol. The Labute approximate surface area is 113 Å². The van der Waals surface area contributed by atoms with Crippen LogP contribution in [0.4, 0.5) is 0 Å². The zero-order valence-electron chi connectivity index (χ0n) is 10.7. The lowest BCUT2D eigenvalue weighted by molar-refractivity contribution is 0.298. The van der Waals surface area contributed by atoms with E-state index in [1.807, 2.05) is 18.2 Å². The molecule has 0 radical (unpaired) electrons. The first-order valence-corrected chi connectivity index (χ1v) is 6.89. The van der Waals surface area contributed by atoms with Gasteiger partial charge in [0.1, 0.15) is 5.75 Å². The van der Waals surface area contributed by atoms with E-state index in [-0.39, 0.29) is 0 Å². The summed E-state index contributed by atoms with van der Waals surface area (Å²) in [6.07, 6.45) is 0. The Morgan fingerprint density at radius 3 is 2.72 bits per heavy atom. The smallest absolute Gasteiger partial charge is 0.123 e. The normalized spacial score (nSPS) is 27.4. The van der Waals surface area contributed by atoms with E-state index in [0.717, 1.165) is 29.2 Å². The SMILES string of the molecule is COc1ccc(Cl)cc1CN1C[C@H]2CNC[C@H]2C1. The van der Waals surface area contributed by atoms with E-state index < -0.39 is 0 Å². The van der Waals surface area contributed by atoms with Crippen molar-refractivity contribution in [2.75, 3.05) is 33.3 Å². The minimum atomic E-state index is 0.784. The van der Waals surface area contributed by atoms with Crippen molar-refractivity contribution < 1.29 is 4.74 Å². The summed E-state index contributed by atoms with van der Waals surface area (Å²) in [5, 5.41) is 4.25. The molecule has 1 N–H and O–H groups in total. The lowest BCUT2D eigenvalue weighted by Gasteiger charge is -2.18. The number of nitrogens with one attached hydrogen (secondary N) is 1. The van der Waals surface area contributed by atoms with Gasteiger partial charge in [0, 0.05) is 30.2 Å². The second-order valence-electron chi connectivity index (χ2n) is 5.33. The van der Waals surface area contributed by atoms with Crippen LogP contribution in [0.2, 0.25) is 5.02 Å². The Morgan fingerprint density at radius 2 is 2.06 bits per heavy atom. The summed E-state index contributed by atoms with van der Waals surface area (Å²) in [5.74, 6) is 2.60. The molecule has 2 saturated heterocycles. The minimum Gasteiger partial charge on any atom is -0.496 e. The number of halogens is 1. The van der Waals surface area contributed by atoms with Gasteiger partial charge < -0.3 is 10.1 Å². The highest BCUT2D eigenvalue weighted by Crippen LogP contribution is 2.30. The van der Waals surface area contributed by atoms with Gasteiger partial charge in [-0.25, -0.2) is 0 Å². The molecule has 0 bridgehead atoms. The third-order valence-electron chi connectivity index (χ3n) is 4.10. The molecule has 98 valence electrons. The fourth-order valence-corrected chi connectivity index (χ4v) is 3.39. The van der Waals surface area contributed by atoms with Crippen molar-refractivity contribution >= 4 is 11.6 Å². The molecule has 18 heavy (non-hydrogen) atoms. The molecule has 0 spiro atoms. The van der Waals surface area contributed by atoms with Crippen molar-refractivity contribution in [3.63, 3.8) is 0 Å². The van der Waals surface area contributed by atoms with Crippen molar-refractivity contribution in [1.82, 2.24) is 10.2 Å². The molecule has 3 rings (SSSR count). The summed E-state index contributed by atoms with van der Waals surface area (Å²) >= 11 is 6.07. The average molecular weight is 267 g/mol. The molecule has 3 nitrogen and oxygen atoms in total. The molecular weight excluding hydrogens is 248 g/mol. The topological polar surface area (TPSA) is 24.5 Å². The van der Waals surface area contributed by atoms with E-state index >= 15 is 0 Å². The van der Waals surface area contributed by atoms with Gasteiger partial charge in [0.15, 0.2) is 0 Å². The molecule has 0 aliphatic carbocycles. The average Bonchev–Trinajstić information content (AvgIpc) is 2.90. The quantitative estimate of drug-likeness (QED) is 0.906. The van der Waals surface area contributed by atoms with Gasteiger partial charge in [-0.15, -0.1) is 0 Å². The first kappa shape index (κ1) is 12.3. The zero-order valence-corrected chi connectivity index (χ0v) is 11.4. The molecule has 0 aromatic heterocycles. The number of hydrogen-bond donors (Lipinski definition) is 1. The number of ether oxygens (including phenoxy) is 1. The van der Waals surface area contributed by atoms with Gasteiger partial charge in [-0.3, -0.25) is 4.90 Å². The number of likely N-dealkylation sites (tertiary alicyclic amines) is 1. The predicted molar refractivity (Wildman–Crippen MR) is 73.1 cm³/mol. The number of benzene rings is 1. The minimum absolute atomic E-state index is 0.784. The van der Waals surface area contributed by atoms with Gasteiger partial charge in [0.2, 0.25) is 0 Å². The van der Waals surface area contributed by atoms with Crippen molar-refractivity contribution in [1.29, 1.82) is 0 Å². The zero-order chi connectivity index (χ0) is 12.5. The van der Waals surface area contributed by atoms with Gasteiger partial charge in [0.25, 0.3) is 0 Å². The Balaban J connectivity index is 1.71. The van der Waals surface area contributed by atoms with Crippen molar-refractivity contribution in [2.45, 2.75) is 6.54 Å². The van der Waals surface area contributed by atoms with Crippen molar-refractivity contribution in [3.8, 4) is 5.75 Å². The highest BCUT2D eigenvalue weighted by atomic mass is 35.5. The summed E-state index contributed by atoms with van der Waals surface area (Å²) in [5.41, 5.74) is 1.19. The third-order valence-corrected chi connectivity index (χ3v) is 4.34. The molecule has 2 aliphatic rings. The van der Waals surface area contributed by atoms with Crippen LogP contribution in [0.1, 0.15) is 5.56 Å². The highest BCUT2D eigenvalue weighted by Gasteiger charge is 2.35. The molecule has 2 heterocycles. The molecule has 1 aromatic carbocycles. The van der Waals surface area contributed by atoms with Crippen LogP contribution in [0.5, 0.6) is 5.75 Å². The summed E-state index contributed by atoms with van der Waals surface area (Å²) in [6.45, 7) is 5.67. The molecule has 4 heteroatoms. The first-order valence-electron chi connectivity index (χ1n) is 6.52. The van der Waals surface area contributed by atoms with Gasteiger partial charge in [-0.1, -0.05) is 11.6 Å². The van der Waals surface area contributed by atoms with Gasteiger partial charge in [-0.05, 0) is 43.1 Å². The highest BCUT2D eigenvalue weighted by molar-refractivity contribution is 6.30. The lowest BCUT2D eigenvalue weighted by atomic mass is 10.0. The van der Waals surface area contributed by atoms with Gasteiger partial charge in [0.05, 0.1) is 7.11 Å². The maximum absolute atomic E-state index is 6.07. The second-order valence-corrected chi connectivity index (χ2v) is 5.77. The maximum atomic E-state index is 6.07. The molecule has 2 atom stereocenters. The Morgan fingerprint density at radius 1 is 1.33 bits per heavy atom. The summed E-state index contributed by atoms with van der Waals surface area (Å²) in [7, 11) is 1.72. The van der Waals surface area contributed by atoms with E-state index in [0.29, 0.717) is 0 Å². The number of rotatable bonds is 3. The molecule has 2 aliphatic heterocycles. The fourth-order valence-electron chi connectivity index (χ4n) is 3.19. The van der Waals surface area contributed by atoms with E-state index in [9.17, 15) is 0 Å². The van der Waals surface area contributed by atoms with E-state index in [2.05, 4.69) is 10.2 Å². The van der Waals surface area contributed by atoms with Gasteiger partial charge >= 0.3 is 0 Å². The standard InChI is InChI=1S/C14H19ClN2O/c1-18-14-3-2-13(15)4-10(14)7-17-8-11-5-16-6-12(11)9-17/h2-4,11-12,16H,5-9H2,1H3/t11-,12+. The molecule has 0 unspecified atom stereocenters. The molecule has 1 aromatic rings. The number of fused-ring (bicyclic) bond motifs is 1. The Hall–Kier alpha value is -0.770. The first-order chi connectivity index (χ1) is 8.76. The van der Waals surface area contributed by atoms with Crippen molar-refractivity contribution in [3.05, 3.63) is 28.8 Å². The number of methoxy groups -OCH3 is 1. The Bertz CT molecular complexity index is 426. The van der Waals surface area contributed by atoms with Crippen LogP contribution >= 0.6 is 11.6 Å². The summed E-state index contributed by atoms with van der Waals surface area (Å²) in [4.78, 5) is 2.52. The van der Waals surface area contributed by atoms with Crippen LogP contribution in [0, 0.1) is 11.8 Å².